The number of rotatable bonds is 6. The molecule has 0 fully saturated rings. The zero-order chi connectivity index (χ0) is 24.7. The van der Waals surface area contributed by atoms with Gasteiger partial charge in [0.15, 0.2) is 6.61 Å². The molecule has 1 amide bonds. The van der Waals surface area contributed by atoms with Gasteiger partial charge in [0.1, 0.15) is 11.4 Å². The molecule has 1 aromatic heterocycles. The Bertz CT molecular complexity index is 1610. The van der Waals surface area contributed by atoms with Gasteiger partial charge in [0, 0.05) is 18.0 Å². The summed E-state index contributed by atoms with van der Waals surface area (Å²) >= 11 is 0. The molecule has 0 unspecified atom stereocenters. The summed E-state index contributed by atoms with van der Waals surface area (Å²) < 4.78 is 32.9. The van der Waals surface area contributed by atoms with Crippen molar-refractivity contribution in [3.63, 3.8) is 0 Å². The molecule has 0 radical (unpaired) electrons. The fraction of sp³-hybridized carbons (Fsp3) is 0.115. The third-order valence-electron chi connectivity index (χ3n) is 5.98. The van der Waals surface area contributed by atoms with Gasteiger partial charge in [-0.05, 0) is 23.8 Å². The summed E-state index contributed by atoms with van der Waals surface area (Å²) in [7, 11) is -2.30. The Morgan fingerprint density at radius 2 is 1.54 bits per heavy atom. The number of aromatic nitrogens is 1. The van der Waals surface area contributed by atoms with E-state index in [-0.39, 0.29) is 10.5 Å². The first-order valence-corrected chi connectivity index (χ1v) is 12.2. The van der Waals surface area contributed by atoms with Gasteiger partial charge >= 0.3 is 5.97 Å². The molecule has 4 aromatic rings. The lowest BCUT2D eigenvalue weighted by atomic mass is 10.0. The third kappa shape index (κ3) is 3.70. The zero-order valence-corrected chi connectivity index (χ0v) is 19.5. The fourth-order valence-electron chi connectivity index (χ4n) is 4.38. The van der Waals surface area contributed by atoms with E-state index in [9.17, 15) is 22.8 Å². The van der Waals surface area contributed by atoms with E-state index < -0.39 is 40.8 Å². The number of carbonyl (C=O) groups is 3. The number of nitrogens with zero attached hydrogens (tertiary/aromatic N) is 2. The average Bonchev–Trinajstić information content (AvgIpc) is 3.27. The minimum atomic E-state index is -4.15. The van der Waals surface area contributed by atoms with Crippen LogP contribution in [0.25, 0.3) is 22.2 Å². The average molecular weight is 489 g/mol. The monoisotopic (exact) mass is 488 g/mol. The van der Waals surface area contributed by atoms with Crippen molar-refractivity contribution in [3.8, 4) is 11.3 Å². The second-order valence-corrected chi connectivity index (χ2v) is 9.89. The predicted molar refractivity (Wildman–Crippen MR) is 128 cm³/mol. The Labute approximate surface area is 201 Å². The number of hydrogen-bond acceptors (Lipinski definition) is 6. The maximum atomic E-state index is 13.3. The highest BCUT2D eigenvalue weighted by Crippen LogP contribution is 2.33. The first-order chi connectivity index (χ1) is 16.8. The topological polar surface area (TPSA) is 103 Å². The van der Waals surface area contributed by atoms with E-state index in [1.165, 1.54) is 18.2 Å². The molecule has 2 heterocycles. The minimum Gasteiger partial charge on any atom is -0.456 e. The van der Waals surface area contributed by atoms with Crippen molar-refractivity contribution in [3.05, 3.63) is 90.0 Å². The number of fused-ring (bicyclic) bond motifs is 2. The molecule has 1 aliphatic heterocycles. The van der Waals surface area contributed by atoms with Crippen LogP contribution >= 0.6 is 0 Å². The summed E-state index contributed by atoms with van der Waals surface area (Å²) in [6.45, 7) is -1.41. The van der Waals surface area contributed by atoms with Crippen LogP contribution in [-0.2, 0) is 26.6 Å². The molecule has 0 saturated heterocycles. The van der Waals surface area contributed by atoms with Crippen molar-refractivity contribution >= 4 is 38.6 Å². The van der Waals surface area contributed by atoms with Crippen LogP contribution in [-0.4, -0.2) is 48.1 Å². The van der Waals surface area contributed by atoms with Gasteiger partial charge < -0.3 is 9.30 Å². The number of benzene rings is 3. The number of Topliss-reactive ketones (excluding diaryl/α,β-unsaturated/α-hetero) is 1. The molecule has 0 saturated carbocycles. The molecule has 0 aliphatic carbocycles. The maximum Gasteiger partial charge on any atom is 0.327 e. The second kappa shape index (κ2) is 8.52. The van der Waals surface area contributed by atoms with E-state index in [1.54, 1.807) is 6.07 Å². The SMILES string of the molecule is Cn1c(-c2ccccc2)c(C(=O)COC(=O)CN2C(=O)c3ccccc3S2(=O)=O)c2ccccc21. The first kappa shape index (κ1) is 22.5. The quantitative estimate of drug-likeness (QED) is 0.304. The second-order valence-electron chi connectivity index (χ2n) is 8.06. The molecule has 0 N–H and O–H groups in total. The Hall–Kier alpha value is -4.24. The van der Waals surface area contributed by atoms with Gasteiger partial charge in [-0.2, -0.15) is 0 Å². The fourth-order valence-corrected chi connectivity index (χ4v) is 5.89. The van der Waals surface area contributed by atoms with Gasteiger partial charge in [0.2, 0.25) is 5.78 Å². The van der Waals surface area contributed by atoms with Crippen LogP contribution in [0, 0.1) is 0 Å². The summed E-state index contributed by atoms with van der Waals surface area (Å²) in [4.78, 5) is 38.2. The number of carbonyl (C=O) groups excluding carboxylic acids is 3. The van der Waals surface area contributed by atoms with Gasteiger partial charge in [0.05, 0.1) is 16.8 Å². The summed E-state index contributed by atoms with van der Waals surface area (Å²) in [6, 6.07) is 22.5. The number of ether oxygens (including phenoxy) is 1. The van der Waals surface area contributed by atoms with E-state index in [0.29, 0.717) is 20.9 Å². The number of aryl methyl sites for hydroxylation is 1. The molecular formula is C26H20N2O6S. The highest BCUT2D eigenvalue weighted by Gasteiger charge is 2.42. The van der Waals surface area contributed by atoms with E-state index in [0.717, 1.165) is 11.1 Å². The number of sulfonamides is 1. The molecular weight excluding hydrogens is 468 g/mol. The van der Waals surface area contributed by atoms with Gasteiger partial charge in [-0.15, -0.1) is 0 Å². The van der Waals surface area contributed by atoms with Crippen molar-refractivity contribution in [2.24, 2.45) is 7.05 Å². The molecule has 35 heavy (non-hydrogen) atoms. The molecule has 8 nitrogen and oxygen atoms in total. The van der Waals surface area contributed by atoms with Gasteiger partial charge in [-0.25, -0.2) is 12.7 Å². The molecule has 0 spiro atoms. The molecule has 0 bridgehead atoms. The summed E-state index contributed by atoms with van der Waals surface area (Å²) in [5, 5.41) is 0.711. The summed E-state index contributed by atoms with van der Waals surface area (Å²) in [5.41, 5.74) is 2.75. The van der Waals surface area contributed by atoms with Crippen molar-refractivity contribution in [2.45, 2.75) is 4.90 Å². The van der Waals surface area contributed by atoms with E-state index >= 15 is 0 Å². The zero-order valence-electron chi connectivity index (χ0n) is 18.7. The van der Waals surface area contributed by atoms with E-state index in [4.69, 9.17) is 4.74 Å². The van der Waals surface area contributed by atoms with E-state index in [2.05, 4.69) is 0 Å². The Morgan fingerprint density at radius 1 is 0.886 bits per heavy atom. The van der Waals surface area contributed by atoms with Gasteiger partial charge in [-0.3, -0.25) is 14.4 Å². The number of ketones is 1. The normalized spacial score (nSPS) is 14.2. The van der Waals surface area contributed by atoms with Crippen LogP contribution in [0.3, 0.4) is 0 Å². The van der Waals surface area contributed by atoms with Crippen molar-refractivity contribution in [1.29, 1.82) is 0 Å². The Kier molecular flexibility index (Phi) is 5.49. The van der Waals surface area contributed by atoms with E-state index in [1.807, 2.05) is 66.2 Å². The highest BCUT2D eigenvalue weighted by atomic mass is 32.2. The lowest BCUT2D eigenvalue weighted by molar-refractivity contribution is -0.142. The molecule has 0 atom stereocenters. The lowest BCUT2D eigenvalue weighted by Crippen LogP contribution is -2.36. The minimum absolute atomic E-state index is 0.000338. The smallest absolute Gasteiger partial charge is 0.327 e. The lowest BCUT2D eigenvalue weighted by Gasteiger charge is -2.14. The molecule has 176 valence electrons. The van der Waals surface area contributed by atoms with Crippen LogP contribution in [0.2, 0.25) is 0 Å². The number of amides is 1. The largest absolute Gasteiger partial charge is 0.456 e. The number of esters is 1. The molecule has 5 rings (SSSR count). The number of hydrogen-bond donors (Lipinski definition) is 0. The highest BCUT2D eigenvalue weighted by molar-refractivity contribution is 7.90. The maximum absolute atomic E-state index is 13.3. The Balaban J connectivity index is 1.39. The molecule has 9 heteroatoms. The molecule has 1 aliphatic rings. The van der Waals surface area contributed by atoms with Crippen LogP contribution in [0.4, 0.5) is 0 Å². The predicted octanol–water partition coefficient (Wildman–Crippen LogP) is 3.42. The van der Waals surface area contributed by atoms with Crippen LogP contribution < -0.4 is 0 Å². The van der Waals surface area contributed by atoms with Crippen molar-refractivity contribution in [2.75, 3.05) is 13.2 Å². The van der Waals surface area contributed by atoms with Crippen molar-refractivity contribution in [1.82, 2.24) is 8.87 Å². The van der Waals surface area contributed by atoms with Crippen LogP contribution in [0.5, 0.6) is 0 Å². The standard InChI is InChI=1S/C26H20N2O6S/c1-27-20-13-7-5-11-18(20)24(25(27)17-9-3-2-4-10-17)21(29)16-34-23(30)15-28-26(31)19-12-6-8-14-22(19)35(28,32)33/h2-14H,15-16H2,1H3. The van der Waals surface area contributed by atoms with Gasteiger partial charge in [0.25, 0.3) is 15.9 Å². The van der Waals surface area contributed by atoms with Gasteiger partial charge in [-0.1, -0.05) is 60.7 Å². The van der Waals surface area contributed by atoms with Crippen molar-refractivity contribution < 1.29 is 27.5 Å². The van der Waals surface area contributed by atoms with Crippen LogP contribution in [0.1, 0.15) is 20.7 Å². The molecule has 3 aromatic carbocycles. The number of para-hydroxylation sites is 1. The third-order valence-corrected chi connectivity index (χ3v) is 7.77. The first-order valence-electron chi connectivity index (χ1n) is 10.8. The summed E-state index contributed by atoms with van der Waals surface area (Å²) in [6.07, 6.45) is 0. The summed E-state index contributed by atoms with van der Waals surface area (Å²) in [5.74, 6) is -2.23. The van der Waals surface area contributed by atoms with Crippen LogP contribution in [0.15, 0.2) is 83.8 Å². The Morgan fingerprint density at radius 3 is 2.29 bits per heavy atom.